The zero-order valence-corrected chi connectivity index (χ0v) is 16.0. The summed E-state index contributed by atoms with van der Waals surface area (Å²) in [6.07, 6.45) is 0. The highest BCUT2D eigenvalue weighted by Gasteiger charge is 2.22. The van der Waals surface area contributed by atoms with E-state index in [9.17, 15) is 13.2 Å². The topological polar surface area (TPSA) is 87.5 Å². The molecule has 0 aliphatic carbocycles. The molecule has 0 bridgehead atoms. The number of carbonyl (C=O) groups excluding carboxylic acids is 1. The van der Waals surface area contributed by atoms with Crippen molar-refractivity contribution in [1.29, 1.82) is 5.26 Å². The lowest BCUT2D eigenvalue weighted by Gasteiger charge is -2.14. The van der Waals surface area contributed by atoms with E-state index in [0.29, 0.717) is 15.6 Å². The van der Waals surface area contributed by atoms with E-state index in [0.717, 1.165) is 4.31 Å². The van der Waals surface area contributed by atoms with Crippen molar-refractivity contribution in [3.8, 4) is 6.07 Å². The summed E-state index contributed by atoms with van der Waals surface area (Å²) >= 11 is 3.19. The third-order valence-corrected chi connectivity index (χ3v) is 6.16. The molecule has 2 rings (SSSR count). The van der Waals surface area contributed by atoms with Crippen molar-refractivity contribution in [2.45, 2.75) is 11.5 Å². The zero-order chi connectivity index (χ0) is 18.6. The first-order valence-electron chi connectivity index (χ1n) is 7.14. The lowest BCUT2D eigenvalue weighted by Crippen LogP contribution is -2.23. The van der Waals surface area contributed by atoms with Crippen molar-refractivity contribution in [2.24, 2.45) is 0 Å². The van der Waals surface area contributed by atoms with E-state index in [-0.39, 0.29) is 17.1 Å². The highest BCUT2D eigenvalue weighted by Crippen LogP contribution is 2.25. The first kappa shape index (κ1) is 19.1. The van der Waals surface area contributed by atoms with Crippen LogP contribution in [0.25, 0.3) is 0 Å². The van der Waals surface area contributed by atoms with Crippen LogP contribution in [0.5, 0.6) is 0 Å². The normalized spacial score (nSPS) is 11.2. The number of esters is 1. The Bertz CT molecular complexity index is 949. The monoisotopic (exact) mass is 422 g/mol. The van der Waals surface area contributed by atoms with Gasteiger partial charge in [-0.2, -0.15) is 5.26 Å². The van der Waals surface area contributed by atoms with E-state index in [2.05, 4.69) is 15.9 Å². The van der Waals surface area contributed by atoms with Crippen molar-refractivity contribution < 1.29 is 17.9 Å². The third-order valence-electron chi connectivity index (χ3n) is 3.35. The van der Waals surface area contributed by atoms with Gasteiger partial charge in [0.2, 0.25) is 10.0 Å². The molecule has 0 spiro atoms. The first-order valence-corrected chi connectivity index (χ1v) is 9.37. The van der Waals surface area contributed by atoms with Gasteiger partial charge in [-0.15, -0.1) is 0 Å². The highest BCUT2D eigenvalue weighted by molar-refractivity contribution is 9.10. The molecule has 0 atom stereocenters. The Morgan fingerprint density at radius 3 is 2.60 bits per heavy atom. The van der Waals surface area contributed by atoms with Gasteiger partial charge in [-0.25, -0.2) is 17.5 Å². The van der Waals surface area contributed by atoms with Crippen LogP contribution in [-0.2, 0) is 21.4 Å². The number of rotatable bonds is 5. The summed E-state index contributed by atoms with van der Waals surface area (Å²) in [6.45, 7) is -0.0137. The lowest BCUT2D eigenvalue weighted by molar-refractivity contribution is 0.0472. The van der Waals surface area contributed by atoms with Crippen molar-refractivity contribution >= 4 is 31.9 Å². The summed E-state index contributed by atoms with van der Waals surface area (Å²) in [5.41, 5.74) is 1.27. The molecule has 2 aromatic rings. The van der Waals surface area contributed by atoms with Crippen molar-refractivity contribution in [3.05, 3.63) is 63.6 Å². The van der Waals surface area contributed by atoms with E-state index < -0.39 is 16.0 Å². The maximum absolute atomic E-state index is 12.3. The molecule has 0 aromatic heterocycles. The Labute approximate surface area is 154 Å². The predicted octanol–water partition coefficient (Wildman–Crippen LogP) is 2.93. The fourth-order valence-electron chi connectivity index (χ4n) is 1.99. The predicted molar refractivity (Wildman–Crippen MR) is 95.3 cm³/mol. The van der Waals surface area contributed by atoms with E-state index in [1.807, 2.05) is 6.07 Å². The van der Waals surface area contributed by atoms with E-state index in [1.54, 1.807) is 24.3 Å². The molecule has 0 saturated heterocycles. The number of nitriles is 1. The Hall–Kier alpha value is -2.21. The van der Waals surface area contributed by atoms with Gasteiger partial charge in [-0.1, -0.05) is 12.1 Å². The minimum absolute atomic E-state index is 0.0137. The van der Waals surface area contributed by atoms with Gasteiger partial charge in [0.1, 0.15) is 6.61 Å². The fourth-order valence-corrected chi connectivity index (χ4v) is 3.83. The summed E-state index contributed by atoms with van der Waals surface area (Å²) in [6, 6.07) is 13.0. The molecular formula is C17H15BrN2O4S. The minimum Gasteiger partial charge on any atom is -0.457 e. The average Bonchev–Trinajstić information content (AvgIpc) is 2.59. The molecule has 6 nitrogen and oxygen atoms in total. The number of halogens is 1. The van der Waals surface area contributed by atoms with E-state index in [1.165, 1.54) is 32.3 Å². The van der Waals surface area contributed by atoms with Crippen LogP contribution in [0, 0.1) is 11.3 Å². The van der Waals surface area contributed by atoms with Crippen molar-refractivity contribution in [2.75, 3.05) is 14.1 Å². The van der Waals surface area contributed by atoms with Gasteiger partial charge in [-0.3, -0.25) is 0 Å². The van der Waals surface area contributed by atoms with Crippen LogP contribution in [0.3, 0.4) is 0 Å². The summed E-state index contributed by atoms with van der Waals surface area (Å²) in [5, 5.41) is 8.87. The molecule has 0 saturated carbocycles. The highest BCUT2D eigenvalue weighted by atomic mass is 79.9. The second kappa shape index (κ2) is 7.78. The fraction of sp³-hybridized carbons (Fsp3) is 0.176. The number of hydrogen-bond donors (Lipinski definition) is 0. The molecule has 0 radical (unpaired) electrons. The van der Waals surface area contributed by atoms with E-state index in [4.69, 9.17) is 10.00 Å². The molecule has 0 N–H and O–H groups in total. The van der Waals surface area contributed by atoms with Crippen LogP contribution >= 0.6 is 15.9 Å². The quantitative estimate of drug-likeness (QED) is 0.691. The number of sulfonamides is 1. The van der Waals surface area contributed by atoms with Crippen LogP contribution < -0.4 is 0 Å². The minimum atomic E-state index is -3.70. The number of benzene rings is 2. The second-order valence-electron chi connectivity index (χ2n) is 5.32. The molecule has 0 aliphatic heterocycles. The molecule has 0 aliphatic rings. The molecule has 8 heteroatoms. The van der Waals surface area contributed by atoms with Crippen LogP contribution in [-0.4, -0.2) is 32.8 Å². The Morgan fingerprint density at radius 1 is 1.24 bits per heavy atom. The number of ether oxygens (including phenoxy) is 1. The molecule has 0 heterocycles. The Kier molecular flexibility index (Phi) is 5.95. The summed E-state index contributed by atoms with van der Waals surface area (Å²) in [5.74, 6) is -0.648. The number of carbonyl (C=O) groups is 1. The molecule has 25 heavy (non-hydrogen) atoms. The van der Waals surface area contributed by atoms with Crippen molar-refractivity contribution in [1.82, 2.24) is 4.31 Å². The maximum atomic E-state index is 12.3. The van der Waals surface area contributed by atoms with Crippen LogP contribution in [0.4, 0.5) is 0 Å². The SMILES string of the molecule is CN(C)S(=O)(=O)c1cc(C(=O)OCc2cccc(C#N)c2)ccc1Br. The Morgan fingerprint density at radius 2 is 1.96 bits per heavy atom. The zero-order valence-electron chi connectivity index (χ0n) is 13.6. The standard InChI is InChI=1S/C17H15BrN2O4S/c1-20(2)25(22,23)16-9-14(6-7-15(16)18)17(21)24-11-13-5-3-4-12(8-13)10-19/h3-9H,11H2,1-2H3. The van der Waals surface area contributed by atoms with Gasteiger partial charge in [0.25, 0.3) is 0 Å². The Balaban J connectivity index is 2.21. The maximum Gasteiger partial charge on any atom is 0.338 e. The van der Waals surface area contributed by atoms with Gasteiger partial charge in [0, 0.05) is 18.6 Å². The molecular weight excluding hydrogens is 408 g/mol. The largest absolute Gasteiger partial charge is 0.457 e. The van der Waals surface area contributed by atoms with Gasteiger partial charge in [0.15, 0.2) is 0 Å². The first-order chi connectivity index (χ1) is 11.8. The third kappa shape index (κ3) is 4.45. The molecule has 130 valence electrons. The average molecular weight is 423 g/mol. The molecule has 0 unspecified atom stereocenters. The number of nitrogens with zero attached hydrogens (tertiary/aromatic N) is 2. The molecule has 0 amide bonds. The lowest BCUT2D eigenvalue weighted by atomic mass is 10.1. The number of hydrogen-bond acceptors (Lipinski definition) is 5. The van der Waals surface area contributed by atoms with E-state index >= 15 is 0 Å². The van der Waals surface area contributed by atoms with Crippen LogP contribution in [0.2, 0.25) is 0 Å². The smallest absolute Gasteiger partial charge is 0.338 e. The summed E-state index contributed by atoms with van der Waals surface area (Å²) in [4.78, 5) is 12.2. The van der Waals surface area contributed by atoms with Gasteiger partial charge in [-0.05, 0) is 51.8 Å². The van der Waals surface area contributed by atoms with Gasteiger partial charge in [0.05, 0.1) is 22.1 Å². The van der Waals surface area contributed by atoms with Crippen molar-refractivity contribution in [3.63, 3.8) is 0 Å². The van der Waals surface area contributed by atoms with Gasteiger partial charge >= 0.3 is 5.97 Å². The molecule has 2 aromatic carbocycles. The summed E-state index contributed by atoms with van der Waals surface area (Å²) < 4.78 is 31.2. The van der Waals surface area contributed by atoms with Crippen LogP contribution in [0.1, 0.15) is 21.5 Å². The van der Waals surface area contributed by atoms with Crippen LogP contribution in [0.15, 0.2) is 51.8 Å². The summed E-state index contributed by atoms with van der Waals surface area (Å²) in [7, 11) is -0.874. The van der Waals surface area contributed by atoms with Gasteiger partial charge < -0.3 is 4.74 Å². The second-order valence-corrected chi connectivity index (χ2v) is 8.30. The molecule has 0 fully saturated rings.